The van der Waals surface area contributed by atoms with E-state index in [1.54, 1.807) is 41.3 Å². The van der Waals surface area contributed by atoms with E-state index in [1.807, 2.05) is 49.4 Å². The molecule has 37 heavy (non-hydrogen) atoms. The van der Waals surface area contributed by atoms with Crippen molar-refractivity contribution in [3.05, 3.63) is 100.0 Å². The largest absolute Gasteiger partial charge is 0.493 e. The van der Waals surface area contributed by atoms with Gasteiger partial charge in [-0.3, -0.25) is 9.69 Å². The van der Waals surface area contributed by atoms with Crippen LogP contribution in [0.25, 0.3) is 6.08 Å². The number of rotatable bonds is 6. The Labute approximate surface area is 227 Å². The lowest BCUT2D eigenvalue weighted by molar-refractivity contribution is -0.123. The second-order valence-electron chi connectivity index (χ2n) is 9.77. The van der Waals surface area contributed by atoms with Gasteiger partial charge in [0.1, 0.15) is 4.32 Å². The molecule has 5 nitrogen and oxygen atoms in total. The van der Waals surface area contributed by atoms with Crippen LogP contribution < -0.4 is 9.47 Å². The number of methoxy groups -OCH3 is 1. The molecule has 0 spiro atoms. The molecule has 0 aliphatic carbocycles. The van der Waals surface area contributed by atoms with E-state index in [2.05, 4.69) is 20.8 Å². The number of hydrogen-bond acceptors (Lipinski definition) is 6. The molecule has 1 aliphatic rings. The molecule has 3 aromatic carbocycles. The van der Waals surface area contributed by atoms with E-state index < -0.39 is 5.97 Å². The van der Waals surface area contributed by atoms with Crippen molar-refractivity contribution in [2.75, 3.05) is 7.11 Å². The summed E-state index contributed by atoms with van der Waals surface area (Å²) in [7, 11) is 1.51. The van der Waals surface area contributed by atoms with Crippen LogP contribution in [0, 0.1) is 0 Å². The van der Waals surface area contributed by atoms with Gasteiger partial charge in [0.05, 0.1) is 23.6 Å². The summed E-state index contributed by atoms with van der Waals surface area (Å²) in [6, 6.07) is 22.2. The summed E-state index contributed by atoms with van der Waals surface area (Å²) in [6.45, 7) is 8.32. The van der Waals surface area contributed by atoms with Crippen LogP contribution in [0.5, 0.6) is 11.5 Å². The first kappa shape index (κ1) is 26.6. The molecule has 1 amide bonds. The molecule has 1 aliphatic heterocycles. The van der Waals surface area contributed by atoms with E-state index in [0.29, 0.717) is 26.3 Å². The predicted octanol–water partition coefficient (Wildman–Crippen LogP) is 7.17. The van der Waals surface area contributed by atoms with E-state index in [1.165, 1.54) is 18.9 Å². The fourth-order valence-electron chi connectivity index (χ4n) is 3.97. The Morgan fingerprint density at radius 3 is 2.30 bits per heavy atom. The Bertz CT molecular complexity index is 1360. The van der Waals surface area contributed by atoms with Crippen LogP contribution in [-0.4, -0.2) is 28.2 Å². The van der Waals surface area contributed by atoms with Gasteiger partial charge in [0.25, 0.3) is 5.91 Å². The lowest BCUT2D eigenvalue weighted by Crippen LogP contribution is -2.30. The van der Waals surface area contributed by atoms with Crippen molar-refractivity contribution in [1.82, 2.24) is 4.90 Å². The third kappa shape index (κ3) is 5.95. The van der Waals surface area contributed by atoms with Crippen molar-refractivity contribution < 1.29 is 19.1 Å². The molecule has 1 fully saturated rings. The minimum atomic E-state index is -0.470. The summed E-state index contributed by atoms with van der Waals surface area (Å²) >= 11 is 6.79. The number of thioether (sulfide) groups is 1. The SMILES string of the molecule is COc1cc(/C=C2\SC(=S)N([C@@H](C)c3ccccc3)C2=O)ccc1OC(=O)c1ccc(C(C)(C)C)cc1. The monoisotopic (exact) mass is 531 g/mol. The number of carbonyl (C=O) groups is 2. The van der Waals surface area contributed by atoms with Crippen LogP contribution in [0.2, 0.25) is 0 Å². The van der Waals surface area contributed by atoms with Gasteiger partial charge in [-0.1, -0.05) is 93.3 Å². The first-order valence-electron chi connectivity index (χ1n) is 11.9. The van der Waals surface area contributed by atoms with Crippen LogP contribution in [0.3, 0.4) is 0 Å². The van der Waals surface area contributed by atoms with E-state index in [4.69, 9.17) is 21.7 Å². The lowest BCUT2D eigenvalue weighted by Gasteiger charge is -2.23. The first-order chi connectivity index (χ1) is 17.6. The number of ether oxygens (including phenoxy) is 2. The number of nitrogens with zero attached hydrogens (tertiary/aromatic N) is 1. The van der Waals surface area contributed by atoms with Gasteiger partial charge in [-0.05, 0) is 59.4 Å². The summed E-state index contributed by atoms with van der Waals surface area (Å²) in [4.78, 5) is 28.1. The number of hydrogen-bond donors (Lipinski definition) is 0. The van der Waals surface area contributed by atoms with Crippen molar-refractivity contribution in [1.29, 1.82) is 0 Å². The third-order valence-corrected chi connectivity index (χ3v) is 7.50. The van der Waals surface area contributed by atoms with Gasteiger partial charge in [0.15, 0.2) is 11.5 Å². The van der Waals surface area contributed by atoms with Crippen molar-refractivity contribution in [3.63, 3.8) is 0 Å². The zero-order chi connectivity index (χ0) is 26.7. The average Bonchev–Trinajstić information content (AvgIpc) is 3.16. The highest BCUT2D eigenvalue weighted by atomic mass is 32.2. The molecule has 190 valence electrons. The molecule has 7 heteroatoms. The minimum absolute atomic E-state index is 0.00462. The number of esters is 1. The molecule has 0 N–H and O–H groups in total. The smallest absolute Gasteiger partial charge is 0.343 e. The highest BCUT2D eigenvalue weighted by Gasteiger charge is 2.36. The summed E-state index contributed by atoms with van der Waals surface area (Å²) < 4.78 is 11.6. The Morgan fingerprint density at radius 1 is 1.00 bits per heavy atom. The topological polar surface area (TPSA) is 55.8 Å². The van der Waals surface area contributed by atoms with Gasteiger partial charge < -0.3 is 9.47 Å². The van der Waals surface area contributed by atoms with Crippen LogP contribution in [-0.2, 0) is 10.2 Å². The van der Waals surface area contributed by atoms with Gasteiger partial charge >= 0.3 is 5.97 Å². The highest BCUT2D eigenvalue weighted by molar-refractivity contribution is 8.26. The highest BCUT2D eigenvalue weighted by Crippen LogP contribution is 2.39. The molecular weight excluding hydrogens is 502 g/mol. The number of benzene rings is 3. The number of thiocarbonyl (C=S) groups is 1. The van der Waals surface area contributed by atoms with Crippen molar-refractivity contribution in [2.24, 2.45) is 0 Å². The Balaban J connectivity index is 1.51. The van der Waals surface area contributed by atoms with Gasteiger partial charge in [-0.25, -0.2) is 4.79 Å². The minimum Gasteiger partial charge on any atom is -0.493 e. The summed E-state index contributed by atoms with van der Waals surface area (Å²) in [5, 5.41) is 0. The molecule has 0 saturated carbocycles. The maximum absolute atomic E-state index is 13.2. The van der Waals surface area contributed by atoms with Crippen LogP contribution in [0.4, 0.5) is 0 Å². The number of carbonyl (C=O) groups excluding carboxylic acids is 2. The zero-order valence-corrected chi connectivity index (χ0v) is 23.1. The summed E-state index contributed by atoms with van der Waals surface area (Å²) in [5.41, 5.74) is 3.33. The second kappa shape index (κ2) is 10.9. The maximum atomic E-state index is 13.2. The molecule has 1 heterocycles. The normalized spacial score (nSPS) is 15.7. The first-order valence-corrected chi connectivity index (χ1v) is 13.1. The van der Waals surface area contributed by atoms with Crippen molar-refractivity contribution in [3.8, 4) is 11.5 Å². The second-order valence-corrected chi connectivity index (χ2v) is 11.4. The zero-order valence-electron chi connectivity index (χ0n) is 21.5. The van der Waals surface area contributed by atoms with Crippen molar-refractivity contribution in [2.45, 2.75) is 39.2 Å². The average molecular weight is 532 g/mol. The molecule has 0 bridgehead atoms. The molecule has 0 radical (unpaired) electrons. The van der Waals surface area contributed by atoms with E-state index in [9.17, 15) is 9.59 Å². The number of amides is 1. The van der Waals surface area contributed by atoms with Gasteiger partial charge in [-0.2, -0.15) is 0 Å². The molecular formula is C30H29NO4S2. The summed E-state index contributed by atoms with van der Waals surface area (Å²) in [6.07, 6.45) is 1.77. The molecule has 0 unspecified atom stereocenters. The standard InChI is InChI=1S/C30H29NO4S2/c1-19(21-9-7-6-8-10-21)31-27(32)26(37-29(31)36)18-20-11-16-24(25(17-20)34-5)35-28(33)22-12-14-23(15-13-22)30(2,3)4/h6-19H,1-5H3/b26-18-/t19-/m0/s1. The maximum Gasteiger partial charge on any atom is 0.343 e. The van der Waals surface area contributed by atoms with Crippen molar-refractivity contribution >= 4 is 46.3 Å². The van der Waals surface area contributed by atoms with Gasteiger partial charge in [0.2, 0.25) is 0 Å². The molecule has 1 saturated heterocycles. The third-order valence-electron chi connectivity index (χ3n) is 6.17. The molecule has 3 aromatic rings. The Kier molecular flexibility index (Phi) is 7.85. The summed E-state index contributed by atoms with van der Waals surface area (Å²) in [5.74, 6) is 0.0816. The van der Waals surface area contributed by atoms with Crippen LogP contribution in [0.15, 0.2) is 77.7 Å². The molecule has 4 rings (SSSR count). The van der Waals surface area contributed by atoms with Crippen LogP contribution in [0.1, 0.15) is 60.8 Å². The van der Waals surface area contributed by atoms with Crippen LogP contribution >= 0.6 is 24.0 Å². The Morgan fingerprint density at radius 2 is 1.68 bits per heavy atom. The quantitative estimate of drug-likeness (QED) is 0.145. The Hall–Kier alpha value is -3.42. The predicted molar refractivity (Wildman–Crippen MR) is 153 cm³/mol. The van der Waals surface area contributed by atoms with Gasteiger partial charge in [0, 0.05) is 0 Å². The lowest BCUT2D eigenvalue weighted by atomic mass is 9.87. The fourth-order valence-corrected chi connectivity index (χ4v) is 5.39. The van der Waals surface area contributed by atoms with E-state index >= 15 is 0 Å². The molecule has 1 atom stereocenters. The molecule has 0 aromatic heterocycles. The fraction of sp³-hybridized carbons (Fsp3) is 0.233. The van der Waals surface area contributed by atoms with E-state index in [0.717, 1.165) is 16.7 Å². The van der Waals surface area contributed by atoms with Gasteiger partial charge in [-0.15, -0.1) is 0 Å². The van der Waals surface area contributed by atoms with E-state index in [-0.39, 0.29) is 17.4 Å².